The zero-order valence-electron chi connectivity index (χ0n) is 11.2. The number of carbonyl (C=O) groups is 2. The van der Waals surface area contributed by atoms with Gasteiger partial charge in [-0.1, -0.05) is 6.42 Å². The number of carboxylic acid groups (broad SMARTS) is 1. The van der Waals surface area contributed by atoms with Crippen molar-refractivity contribution >= 4 is 11.9 Å². The van der Waals surface area contributed by atoms with Gasteiger partial charge in [0.1, 0.15) is 0 Å². The minimum Gasteiger partial charge on any atom is -0.481 e. The molecule has 0 saturated heterocycles. The number of hydrogen-bond acceptors (Lipinski definition) is 3. The second kappa shape index (κ2) is 7.36. The van der Waals surface area contributed by atoms with Gasteiger partial charge in [0.2, 0.25) is 5.91 Å². The molecule has 0 radical (unpaired) electrons. The van der Waals surface area contributed by atoms with Crippen LogP contribution in [0.3, 0.4) is 0 Å². The van der Waals surface area contributed by atoms with Crippen molar-refractivity contribution in [3.63, 3.8) is 0 Å². The van der Waals surface area contributed by atoms with E-state index in [1.807, 2.05) is 0 Å². The zero-order valence-corrected chi connectivity index (χ0v) is 11.2. The molecule has 0 bridgehead atoms. The van der Waals surface area contributed by atoms with Crippen molar-refractivity contribution in [1.29, 1.82) is 0 Å². The van der Waals surface area contributed by atoms with Gasteiger partial charge in [-0.15, -0.1) is 0 Å². The normalized spacial score (nSPS) is 23.7. The van der Waals surface area contributed by atoms with Crippen molar-refractivity contribution in [1.82, 2.24) is 4.90 Å². The number of rotatable bonds is 6. The molecule has 5 heteroatoms. The Morgan fingerprint density at radius 3 is 2.61 bits per heavy atom. The summed E-state index contributed by atoms with van der Waals surface area (Å²) in [6.45, 7) is 1.31. The first kappa shape index (κ1) is 15.0. The van der Waals surface area contributed by atoms with E-state index in [0.29, 0.717) is 26.0 Å². The maximum Gasteiger partial charge on any atom is 0.306 e. The van der Waals surface area contributed by atoms with E-state index in [9.17, 15) is 9.59 Å². The Bertz CT molecular complexity index is 293. The summed E-state index contributed by atoms with van der Waals surface area (Å²) in [5.41, 5.74) is 0. The van der Waals surface area contributed by atoms with Gasteiger partial charge in [0.15, 0.2) is 0 Å². The van der Waals surface area contributed by atoms with Crippen LogP contribution in [0.25, 0.3) is 0 Å². The standard InChI is InChI=1S/C13H23NO4/c1-14(7-4-8-18-2)12(15)10-5-3-6-11(9-10)13(16)17/h10-11H,3-9H2,1-2H3,(H,16,17)/t10-,11+/m0/s1. The maximum atomic E-state index is 12.2. The topological polar surface area (TPSA) is 66.8 Å². The van der Waals surface area contributed by atoms with E-state index in [1.54, 1.807) is 19.1 Å². The van der Waals surface area contributed by atoms with Crippen LogP contribution in [-0.4, -0.2) is 49.2 Å². The third kappa shape index (κ3) is 4.29. The molecule has 0 aliphatic heterocycles. The van der Waals surface area contributed by atoms with Crippen LogP contribution in [0.4, 0.5) is 0 Å². The minimum absolute atomic E-state index is 0.0806. The van der Waals surface area contributed by atoms with Gasteiger partial charge in [0, 0.05) is 33.2 Å². The summed E-state index contributed by atoms with van der Waals surface area (Å²) in [5, 5.41) is 9.01. The largest absolute Gasteiger partial charge is 0.481 e. The van der Waals surface area contributed by atoms with Crippen LogP contribution in [-0.2, 0) is 14.3 Å². The van der Waals surface area contributed by atoms with E-state index >= 15 is 0 Å². The van der Waals surface area contributed by atoms with Crippen molar-refractivity contribution in [2.75, 3.05) is 27.3 Å². The molecule has 0 aromatic rings. The van der Waals surface area contributed by atoms with Crippen LogP contribution >= 0.6 is 0 Å². The monoisotopic (exact) mass is 257 g/mol. The number of methoxy groups -OCH3 is 1. The smallest absolute Gasteiger partial charge is 0.306 e. The lowest BCUT2D eigenvalue weighted by atomic mass is 9.81. The molecule has 104 valence electrons. The highest BCUT2D eigenvalue weighted by molar-refractivity contribution is 5.80. The Morgan fingerprint density at radius 2 is 2.00 bits per heavy atom. The lowest BCUT2D eigenvalue weighted by Crippen LogP contribution is -2.37. The molecule has 1 aliphatic rings. The molecule has 1 saturated carbocycles. The second-order valence-corrected chi connectivity index (χ2v) is 5.00. The van der Waals surface area contributed by atoms with Crippen LogP contribution in [0, 0.1) is 11.8 Å². The van der Waals surface area contributed by atoms with Crippen molar-refractivity contribution < 1.29 is 19.4 Å². The number of carboxylic acids is 1. The summed E-state index contributed by atoms with van der Waals surface area (Å²) in [6, 6.07) is 0. The number of amides is 1. The fourth-order valence-electron chi connectivity index (χ4n) is 2.51. The molecule has 5 nitrogen and oxygen atoms in total. The van der Waals surface area contributed by atoms with Crippen molar-refractivity contribution in [3.8, 4) is 0 Å². The summed E-state index contributed by atoms with van der Waals surface area (Å²) < 4.78 is 4.95. The lowest BCUT2D eigenvalue weighted by molar-refractivity contribution is -0.145. The van der Waals surface area contributed by atoms with Crippen molar-refractivity contribution in [2.45, 2.75) is 32.1 Å². The summed E-state index contributed by atoms with van der Waals surface area (Å²) in [4.78, 5) is 24.8. The molecule has 18 heavy (non-hydrogen) atoms. The molecule has 0 heterocycles. The molecule has 1 fully saturated rings. The highest BCUT2D eigenvalue weighted by Crippen LogP contribution is 2.30. The van der Waals surface area contributed by atoms with Gasteiger partial charge < -0.3 is 14.7 Å². The Hall–Kier alpha value is -1.10. The highest BCUT2D eigenvalue weighted by atomic mass is 16.5. The van der Waals surface area contributed by atoms with Gasteiger partial charge in [-0.3, -0.25) is 9.59 Å². The Balaban J connectivity index is 2.42. The van der Waals surface area contributed by atoms with Gasteiger partial charge in [-0.25, -0.2) is 0 Å². The average molecular weight is 257 g/mol. The SMILES string of the molecule is COCCCN(C)C(=O)[C@H]1CCC[C@@H](C(=O)O)C1. The molecular formula is C13H23NO4. The van der Waals surface area contributed by atoms with E-state index in [0.717, 1.165) is 19.3 Å². The fourth-order valence-corrected chi connectivity index (χ4v) is 2.51. The van der Waals surface area contributed by atoms with Crippen LogP contribution in [0.1, 0.15) is 32.1 Å². The Kier molecular flexibility index (Phi) is 6.12. The molecule has 0 spiro atoms. The van der Waals surface area contributed by atoms with E-state index < -0.39 is 5.97 Å². The van der Waals surface area contributed by atoms with Gasteiger partial charge in [0.05, 0.1) is 5.92 Å². The summed E-state index contributed by atoms with van der Waals surface area (Å²) in [6.07, 6.45) is 3.65. The van der Waals surface area contributed by atoms with Gasteiger partial charge in [-0.05, 0) is 25.7 Å². The molecule has 1 aliphatic carbocycles. The summed E-state index contributed by atoms with van der Waals surface area (Å²) in [7, 11) is 3.42. The molecule has 0 aromatic carbocycles. The number of hydrogen-bond donors (Lipinski definition) is 1. The average Bonchev–Trinajstić information content (AvgIpc) is 2.38. The fraction of sp³-hybridized carbons (Fsp3) is 0.846. The molecule has 1 rings (SSSR count). The summed E-state index contributed by atoms with van der Waals surface area (Å²) >= 11 is 0. The van der Waals surface area contributed by atoms with E-state index in [4.69, 9.17) is 9.84 Å². The number of ether oxygens (including phenoxy) is 1. The predicted octanol–water partition coefficient (Wildman–Crippen LogP) is 1.37. The summed E-state index contributed by atoms with van der Waals surface area (Å²) in [5.74, 6) is -1.15. The first-order valence-corrected chi connectivity index (χ1v) is 6.53. The molecule has 0 aromatic heterocycles. The second-order valence-electron chi connectivity index (χ2n) is 5.00. The number of carbonyl (C=O) groups excluding carboxylic acids is 1. The quantitative estimate of drug-likeness (QED) is 0.730. The van der Waals surface area contributed by atoms with E-state index in [-0.39, 0.29) is 17.7 Å². The third-order valence-electron chi connectivity index (χ3n) is 3.59. The first-order valence-electron chi connectivity index (χ1n) is 6.53. The van der Waals surface area contributed by atoms with Crippen LogP contribution in [0.2, 0.25) is 0 Å². The van der Waals surface area contributed by atoms with Crippen molar-refractivity contribution in [3.05, 3.63) is 0 Å². The Labute approximate surface area is 108 Å². The van der Waals surface area contributed by atoms with E-state index in [2.05, 4.69) is 0 Å². The first-order chi connectivity index (χ1) is 8.56. The highest BCUT2D eigenvalue weighted by Gasteiger charge is 2.32. The van der Waals surface area contributed by atoms with Crippen LogP contribution in [0.15, 0.2) is 0 Å². The zero-order chi connectivity index (χ0) is 13.5. The minimum atomic E-state index is -0.769. The van der Waals surface area contributed by atoms with Gasteiger partial charge in [-0.2, -0.15) is 0 Å². The Morgan fingerprint density at radius 1 is 1.33 bits per heavy atom. The number of nitrogens with zero attached hydrogens (tertiary/aromatic N) is 1. The molecule has 1 amide bonds. The van der Waals surface area contributed by atoms with Crippen molar-refractivity contribution in [2.24, 2.45) is 11.8 Å². The number of aliphatic carboxylic acids is 1. The van der Waals surface area contributed by atoms with Gasteiger partial charge in [0.25, 0.3) is 0 Å². The van der Waals surface area contributed by atoms with E-state index in [1.165, 1.54) is 0 Å². The molecule has 2 atom stereocenters. The predicted molar refractivity (Wildman–Crippen MR) is 67.2 cm³/mol. The molecule has 1 N–H and O–H groups in total. The molecule has 0 unspecified atom stereocenters. The van der Waals surface area contributed by atoms with Gasteiger partial charge >= 0.3 is 5.97 Å². The maximum absolute atomic E-state index is 12.2. The van der Waals surface area contributed by atoms with Crippen LogP contribution in [0.5, 0.6) is 0 Å². The lowest BCUT2D eigenvalue weighted by Gasteiger charge is -2.29. The van der Waals surface area contributed by atoms with Crippen LogP contribution < -0.4 is 0 Å². The molecular weight excluding hydrogens is 234 g/mol. The third-order valence-corrected chi connectivity index (χ3v) is 3.59.